The number of hydrogen-bond donors (Lipinski definition) is 1. The van der Waals surface area contributed by atoms with Crippen molar-refractivity contribution in [2.24, 2.45) is 0 Å². The van der Waals surface area contributed by atoms with E-state index in [1.807, 2.05) is 36.4 Å². The molecule has 166 valence electrons. The lowest BCUT2D eigenvalue weighted by atomic mass is 10.2. The van der Waals surface area contributed by atoms with Crippen molar-refractivity contribution >= 4 is 25.3 Å². The third-order valence-corrected chi connectivity index (χ3v) is 10.2. The Morgan fingerprint density at radius 3 is 2.38 bits per heavy atom. The molecule has 4 heterocycles. The minimum absolute atomic E-state index is 0.0246. The number of fused-ring (bicyclic) bond motifs is 1. The van der Waals surface area contributed by atoms with Crippen molar-refractivity contribution in [1.82, 2.24) is 24.7 Å². The Bertz CT molecular complexity index is 1280. The van der Waals surface area contributed by atoms with Gasteiger partial charge in [0.2, 0.25) is 0 Å². The quantitative estimate of drug-likeness (QED) is 0.446. The number of nitrogens with zero attached hydrogens (tertiary/aromatic N) is 5. The molecule has 0 saturated heterocycles. The summed E-state index contributed by atoms with van der Waals surface area (Å²) in [6, 6.07) is 11.2. The highest BCUT2D eigenvalue weighted by Crippen LogP contribution is 2.37. The monoisotopic (exact) mass is 448 g/mol. The first-order valence-corrected chi connectivity index (χ1v) is 13.3. The first-order chi connectivity index (χ1) is 15.1. The highest BCUT2D eigenvalue weighted by molar-refractivity contribution is 6.74. The van der Waals surface area contributed by atoms with E-state index >= 15 is 0 Å². The summed E-state index contributed by atoms with van der Waals surface area (Å²) in [5, 5.41) is -0.0246. The molecule has 0 aliphatic rings. The maximum atomic E-state index is 6.70. The minimum Gasteiger partial charge on any atom is -0.494 e. The first-order valence-electron chi connectivity index (χ1n) is 10.4. The molecule has 0 atom stereocenters. The van der Waals surface area contributed by atoms with Crippen LogP contribution in [0, 0.1) is 0 Å². The predicted molar refractivity (Wildman–Crippen MR) is 129 cm³/mol. The topological polar surface area (TPSA) is 101 Å². The standard InChI is InChI=1S/C23H28N6O2Si/c1-23(2,3)32(5,6)31-29-21(15-9-7-14-26-20(15)24)28-17-12-11-16(27-22(17)29)19-18(30-4)10-8-13-25-19/h7-14H,1-6H3,(H2,24,26). The fourth-order valence-electron chi connectivity index (χ4n) is 3.04. The van der Waals surface area contributed by atoms with Gasteiger partial charge in [-0.3, -0.25) is 4.98 Å². The number of nitrogens with two attached hydrogens (primary N) is 1. The first kappa shape index (κ1) is 21.8. The van der Waals surface area contributed by atoms with E-state index in [1.54, 1.807) is 24.2 Å². The van der Waals surface area contributed by atoms with Crippen LogP contribution in [-0.2, 0) is 0 Å². The fraction of sp³-hybridized carbons (Fsp3) is 0.304. The summed E-state index contributed by atoms with van der Waals surface area (Å²) in [4.78, 5) is 18.4. The van der Waals surface area contributed by atoms with Gasteiger partial charge in [0, 0.05) is 12.4 Å². The van der Waals surface area contributed by atoms with Gasteiger partial charge in [0.05, 0.1) is 18.4 Å². The molecule has 0 aliphatic carbocycles. The van der Waals surface area contributed by atoms with Gasteiger partial charge in [-0.15, -0.1) is 0 Å². The summed E-state index contributed by atoms with van der Waals surface area (Å²) in [5.74, 6) is 1.61. The van der Waals surface area contributed by atoms with Crippen LogP contribution in [0.4, 0.5) is 5.82 Å². The van der Waals surface area contributed by atoms with Crippen LogP contribution >= 0.6 is 0 Å². The van der Waals surface area contributed by atoms with Gasteiger partial charge in [0.15, 0.2) is 11.5 Å². The zero-order valence-electron chi connectivity index (χ0n) is 19.2. The number of hydrogen-bond acceptors (Lipinski definition) is 7. The van der Waals surface area contributed by atoms with Crippen LogP contribution in [0.15, 0.2) is 48.8 Å². The Balaban J connectivity index is 1.97. The lowest BCUT2D eigenvalue weighted by Crippen LogP contribution is -2.48. The molecule has 0 spiro atoms. The molecular weight excluding hydrogens is 420 g/mol. The van der Waals surface area contributed by atoms with Crippen LogP contribution in [0.1, 0.15) is 20.8 Å². The smallest absolute Gasteiger partial charge is 0.284 e. The van der Waals surface area contributed by atoms with Gasteiger partial charge >= 0.3 is 0 Å². The third kappa shape index (κ3) is 3.79. The molecule has 0 radical (unpaired) electrons. The molecule has 4 rings (SSSR count). The SMILES string of the molecule is COc1cccnc1-c1ccc2nc(-c3cccnc3N)n(O[Si](C)(C)C(C)(C)C)c2n1. The van der Waals surface area contributed by atoms with E-state index in [0.29, 0.717) is 45.5 Å². The number of pyridine rings is 3. The van der Waals surface area contributed by atoms with Crippen LogP contribution < -0.4 is 15.0 Å². The lowest BCUT2D eigenvalue weighted by Gasteiger charge is -2.36. The van der Waals surface area contributed by atoms with Crippen molar-refractivity contribution in [1.29, 1.82) is 0 Å². The van der Waals surface area contributed by atoms with Crippen molar-refractivity contribution in [2.45, 2.75) is 38.9 Å². The van der Waals surface area contributed by atoms with E-state index in [0.717, 1.165) is 0 Å². The Morgan fingerprint density at radius 1 is 0.969 bits per heavy atom. The Kier molecular flexibility index (Phi) is 5.37. The van der Waals surface area contributed by atoms with E-state index in [2.05, 4.69) is 43.8 Å². The molecule has 0 aromatic carbocycles. The summed E-state index contributed by atoms with van der Waals surface area (Å²) in [5.41, 5.74) is 9.50. The number of nitrogen functional groups attached to an aromatic ring is 1. The molecule has 2 N–H and O–H groups in total. The van der Waals surface area contributed by atoms with Crippen molar-refractivity contribution in [3.8, 4) is 28.5 Å². The number of rotatable bonds is 5. The molecule has 0 amide bonds. The molecule has 0 saturated carbocycles. The zero-order chi connectivity index (χ0) is 23.1. The van der Waals surface area contributed by atoms with Crippen molar-refractivity contribution < 1.29 is 9.26 Å². The van der Waals surface area contributed by atoms with Crippen LogP contribution in [0.2, 0.25) is 18.1 Å². The summed E-state index contributed by atoms with van der Waals surface area (Å²) >= 11 is 0. The summed E-state index contributed by atoms with van der Waals surface area (Å²) < 4.78 is 13.9. The van der Waals surface area contributed by atoms with Crippen LogP contribution in [-0.4, -0.2) is 40.1 Å². The number of methoxy groups -OCH3 is 1. The van der Waals surface area contributed by atoms with Gasteiger partial charge in [-0.2, -0.15) is 4.73 Å². The fourth-order valence-corrected chi connectivity index (χ4v) is 3.95. The molecule has 9 heteroatoms. The highest BCUT2D eigenvalue weighted by atomic mass is 28.4. The van der Waals surface area contributed by atoms with Gasteiger partial charge in [0.25, 0.3) is 8.32 Å². The highest BCUT2D eigenvalue weighted by Gasteiger charge is 2.41. The molecule has 0 fully saturated rings. The molecular formula is C23H28N6O2Si. The van der Waals surface area contributed by atoms with E-state index in [9.17, 15) is 0 Å². The summed E-state index contributed by atoms with van der Waals surface area (Å²) in [7, 11) is -0.623. The van der Waals surface area contributed by atoms with E-state index < -0.39 is 8.32 Å². The molecule has 0 bridgehead atoms. The summed E-state index contributed by atoms with van der Waals surface area (Å²) in [6.07, 6.45) is 3.37. The molecule has 0 unspecified atom stereocenters. The Labute approximate surface area is 188 Å². The third-order valence-electron chi connectivity index (χ3n) is 5.90. The Morgan fingerprint density at radius 2 is 1.69 bits per heavy atom. The van der Waals surface area contributed by atoms with Gasteiger partial charge in [-0.25, -0.2) is 15.0 Å². The van der Waals surface area contributed by atoms with Gasteiger partial charge < -0.3 is 15.0 Å². The van der Waals surface area contributed by atoms with Crippen molar-refractivity contribution in [3.63, 3.8) is 0 Å². The van der Waals surface area contributed by atoms with Gasteiger partial charge in [-0.1, -0.05) is 20.8 Å². The van der Waals surface area contributed by atoms with Gasteiger partial charge in [-0.05, 0) is 54.5 Å². The average molecular weight is 449 g/mol. The lowest BCUT2D eigenvalue weighted by molar-refractivity contribution is 0.264. The largest absolute Gasteiger partial charge is 0.494 e. The predicted octanol–water partition coefficient (Wildman–Crippen LogP) is 4.58. The zero-order valence-corrected chi connectivity index (χ0v) is 20.2. The maximum absolute atomic E-state index is 6.70. The van der Waals surface area contributed by atoms with Crippen molar-refractivity contribution in [2.75, 3.05) is 12.8 Å². The number of anilines is 1. The van der Waals surface area contributed by atoms with E-state index in [1.165, 1.54) is 0 Å². The number of imidazole rings is 1. The Hall–Kier alpha value is -3.46. The number of ether oxygens (including phenoxy) is 1. The second-order valence-corrected chi connectivity index (χ2v) is 13.8. The molecule has 8 nitrogen and oxygen atoms in total. The van der Waals surface area contributed by atoms with Crippen LogP contribution in [0.5, 0.6) is 5.75 Å². The normalized spacial score (nSPS) is 12.2. The van der Waals surface area contributed by atoms with E-state index in [-0.39, 0.29) is 5.04 Å². The second-order valence-electron chi connectivity index (χ2n) is 9.11. The molecule has 32 heavy (non-hydrogen) atoms. The molecule has 4 aromatic rings. The average Bonchev–Trinajstić information content (AvgIpc) is 3.10. The van der Waals surface area contributed by atoms with Crippen molar-refractivity contribution in [3.05, 3.63) is 48.8 Å². The molecule has 4 aromatic heterocycles. The second kappa shape index (κ2) is 7.90. The van der Waals surface area contributed by atoms with Crippen LogP contribution in [0.3, 0.4) is 0 Å². The van der Waals surface area contributed by atoms with E-state index in [4.69, 9.17) is 25.0 Å². The number of aromatic nitrogens is 5. The summed E-state index contributed by atoms with van der Waals surface area (Å²) in [6.45, 7) is 10.9. The minimum atomic E-state index is -2.24. The maximum Gasteiger partial charge on any atom is 0.284 e. The van der Waals surface area contributed by atoms with Crippen LogP contribution in [0.25, 0.3) is 33.9 Å². The van der Waals surface area contributed by atoms with Gasteiger partial charge in [0.1, 0.15) is 22.8 Å². The molecule has 0 aliphatic heterocycles.